The highest BCUT2D eigenvalue weighted by atomic mass is 19.2. The van der Waals surface area contributed by atoms with Crippen LogP contribution in [0.5, 0.6) is 0 Å². The van der Waals surface area contributed by atoms with Crippen molar-refractivity contribution in [2.75, 3.05) is 0 Å². The number of imidazole rings is 1. The Hall–Kier alpha value is -2.84. The molecule has 0 amide bonds. The second-order valence-electron chi connectivity index (χ2n) is 4.74. The highest BCUT2D eigenvalue weighted by Crippen LogP contribution is 2.23. The van der Waals surface area contributed by atoms with Gasteiger partial charge in [0.1, 0.15) is 17.2 Å². The van der Waals surface area contributed by atoms with Crippen LogP contribution < -0.4 is 11.2 Å². The molecule has 2 aromatic heterocycles. The molecule has 0 saturated carbocycles. The van der Waals surface area contributed by atoms with Crippen molar-refractivity contribution >= 4 is 11.2 Å². The third-order valence-corrected chi connectivity index (χ3v) is 3.36. The maximum atomic E-state index is 13.8. The van der Waals surface area contributed by atoms with E-state index < -0.39 is 28.7 Å². The lowest BCUT2D eigenvalue weighted by molar-refractivity contribution is 0.496. The van der Waals surface area contributed by atoms with Gasteiger partial charge in [-0.15, -0.1) is 0 Å². The van der Waals surface area contributed by atoms with Crippen molar-refractivity contribution in [2.45, 2.75) is 0 Å². The number of fused-ring (bicyclic) bond motifs is 1. The van der Waals surface area contributed by atoms with Gasteiger partial charge in [0.2, 0.25) is 0 Å². The van der Waals surface area contributed by atoms with Crippen LogP contribution in [-0.2, 0) is 14.1 Å². The number of aromatic nitrogens is 4. The molecule has 114 valence electrons. The fourth-order valence-electron chi connectivity index (χ4n) is 2.16. The van der Waals surface area contributed by atoms with Gasteiger partial charge in [0.25, 0.3) is 5.56 Å². The van der Waals surface area contributed by atoms with Crippen LogP contribution in [0.25, 0.3) is 22.6 Å². The van der Waals surface area contributed by atoms with Crippen molar-refractivity contribution < 1.29 is 13.2 Å². The molecule has 9 heteroatoms. The van der Waals surface area contributed by atoms with E-state index in [1.54, 1.807) is 0 Å². The largest absolute Gasteiger partial charge is 0.332 e. The Morgan fingerprint density at radius 2 is 1.64 bits per heavy atom. The summed E-state index contributed by atoms with van der Waals surface area (Å²) in [4.78, 5) is 30.3. The number of aryl methyl sites for hydroxylation is 1. The minimum Gasteiger partial charge on any atom is -0.332 e. The number of nitrogens with one attached hydrogen (secondary N) is 1. The topological polar surface area (TPSA) is 72.7 Å². The van der Waals surface area contributed by atoms with Gasteiger partial charge in [0.15, 0.2) is 17.3 Å². The molecule has 6 nitrogen and oxygen atoms in total. The zero-order chi connectivity index (χ0) is 16.2. The summed E-state index contributed by atoms with van der Waals surface area (Å²) < 4.78 is 42.0. The number of halogens is 3. The molecule has 0 bridgehead atoms. The second-order valence-corrected chi connectivity index (χ2v) is 4.74. The predicted molar refractivity (Wildman–Crippen MR) is 71.9 cm³/mol. The summed E-state index contributed by atoms with van der Waals surface area (Å²) in [6.45, 7) is 0. The monoisotopic (exact) mass is 310 g/mol. The lowest BCUT2D eigenvalue weighted by Crippen LogP contribution is -2.36. The van der Waals surface area contributed by atoms with Crippen LogP contribution in [0.15, 0.2) is 21.7 Å². The lowest BCUT2D eigenvalue weighted by atomic mass is 10.2. The molecule has 0 aliphatic rings. The van der Waals surface area contributed by atoms with Crippen LogP contribution >= 0.6 is 0 Å². The summed E-state index contributed by atoms with van der Waals surface area (Å²) in [6.07, 6.45) is 0. The minimum atomic E-state index is -1.33. The van der Waals surface area contributed by atoms with E-state index in [2.05, 4.69) is 9.97 Å². The SMILES string of the molecule is Cn1c(=O)c2[nH]c(-c3cc(F)c(F)cc3F)nc2n(C)c1=O. The standard InChI is InChI=1S/C13H9F3N4O2/c1-19-11-9(12(21)20(2)13(19)22)17-10(18-11)5-3-7(15)8(16)4-6(5)14/h3-4H,1-2H3,(H,17,18). The number of benzene rings is 1. The molecule has 22 heavy (non-hydrogen) atoms. The van der Waals surface area contributed by atoms with Crippen molar-refractivity contribution in [1.82, 2.24) is 19.1 Å². The van der Waals surface area contributed by atoms with Gasteiger partial charge >= 0.3 is 5.69 Å². The molecule has 2 heterocycles. The number of H-pyrrole nitrogens is 1. The van der Waals surface area contributed by atoms with Gasteiger partial charge in [-0.1, -0.05) is 0 Å². The van der Waals surface area contributed by atoms with Crippen molar-refractivity contribution in [1.29, 1.82) is 0 Å². The fourth-order valence-corrected chi connectivity index (χ4v) is 2.16. The van der Waals surface area contributed by atoms with Gasteiger partial charge in [0, 0.05) is 20.2 Å². The molecule has 0 aliphatic heterocycles. The summed E-state index contributed by atoms with van der Waals surface area (Å²) in [7, 11) is 2.67. The van der Waals surface area contributed by atoms with Gasteiger partial charge in [0.05, 0.1) is 5.56 Å². The van der Waals surface area contributed by atoms with Crippen LogP contribution in [0.2, 0.25) is 0 Å². The van der Waals surface area contributed by atoms with Crippen molar-refractivity contribution in [3.05, 3.63) is 50.4 Å². The number of hydrogen-bond acceptors (Lipinski definition) is 3. The molecule has 0 atom stereocenters. The van der Waals surface area contributed by atoms with Gasteiger partial charge in [-0.3, -0.25) is 13.9 Å². The minimum absolute atomic E-state index is 0.00719. The third kappa shape index (κ3) is 1.85. The number of aromatic amines is 1. The molecule has 3 aromatic rings. The van der Waals surface area contributed by atoms with E-state index in [9.17, 15) is 22.8 Å². The van der Waals surface area contributed by atoms with E-state index in [1.165, 1.54) is 14.1 Å². The van der Waals surface area contributed by atoms with E-state index in [0.717, 1.165) is 9.13 Å². The Bertz CT molecular complexity index is 1030. The Morgan fingerprint density at radius 1 is 1.00 bits per heavy atom. The molecule has 1 N–H and O–H groups in total. The normalized spacial score (nSPS) is 11.3. The maximum absolute atomic E-state index is 13.8. The van der Waals surface area contributed by atoms with E-state index in [4.69, 9.17) is 0 Å². The van der Waals surface area contributed by atoms with Crippen molar-refractivity contribution in [3.63, 3.8) is 0 Å². The van der Waals surface area contributed by atoms with Crippen LogP contribution in [0.1, 0.15) is 0 Å². The van der Waals surface area contributed by atoms with Gasteiger partial charge in [-0.25, -0.2) is 22.9 Å². The first-order chi connectivity index (χ1) is 10.3. The van der Waals surface area contributed by atoms with E-state index in [-0.39, 0.29) is 22.6 Å². The smallest absolute Gasteiger partial charge is 0.332 e. The lowest BCUT2D eigenvalue weighted by Gasteiger charge is -2.00. The first-order valence-corrected chi connectivity index (χ1v) is 6.12. The quantitative estimate of drug-likeness (QED) is 0.683. The van der Waals surface area contributed by atoms with Crippen LogP contribution in [0.4, 0.5) is 13.2 Å². The average molecular weight is 310 g/mol. The van der Waals surface area contributed by atoms with Crippen molar-refractivity contribution in [3.8, 4) is 11.4 Å². The van der Waals surface area contributed by atoms with Crippen molar-refractivity contribution in [2.24, 2.45) is 14.1 Å². The van der Waals surface area contributed by atoms with Crippen LogP contribution in [0, 0.1) is 17.5 Å². The first-order valence-electron chi connectivity index (χ1n) is 6.12. The third-order valence-electron chi connectivity index (χ3n) is 3.36. The zero-order valence-corrected chi connectivity index (χ0v) is 11.4. The molecular weight excluding hydrogens is 301 g/mol. The molecular formula is C13H9F3N4O2. The molecule has 0 radical (unpaired) electrons. The number of nitrogens with zero attached hydrogens (tertiary/aromatic N) is 3. The summed E-state index contributed by atoms with van der Waals surface area (Å²) in [5.74, 6) is -3.80. The summed E-state index contributed by atoms with van der Waals surface area (Å²) in [6, 6.07) is 1.01. The van der Waals surface area contributed by atoms with Crippen LogP contribution in [-0.4, -0.2) is 19.1 Å². The van der Waals surface area contributed by atoms with E-state index in [1.807, 2.05) is 0 Å². The Balaban J connectivity index is 2.38. The highest BCUT2D eigenvalue weighted by molar-refractivity contribution is 5.75. The first kappa shape index (κ1) is 14.1. The molecule has 0 saturated heterocycles. The fraction of sp³-hybridized carbons (Fsp3) is 0.154. The molecule has 0 fully saturated rings. The van der Waals surface area contributed by atoms with E-state index >= 15 is 0 Å². The van der Waals surface area contributed by atoms with E-state index in [0.29, 0.717) is 12.1 Å². The number of rotatable bonds is 1. The molecule has 0 aliphatic carbocycles. The summed E-state index contributed by atoms with van der Waals surface area (Å²) in [5, 5.41) is 0. The maximum Gasteiger partial charge on any atom is 0.332 e. The second kappa shape index (κ2) is 4.58. The summed E-state index contributed by atoms with van der Waals surface area (Å²) in [5.41, 5.74) is -1.65. The Kier molecular flexibility index (Phi) is 2.94. The highest BCUT2D eigenvalue weighted by Gasteiger charge is 2.18. The van der Waals surface area contributed by atoms with Gasteiger partial charge in [-0.2, -0.15) is 0 Å². The molecule has 3 rings (SSSR count). The molecule has 0 spiro atoms. The molecule has 1 aromatic carbocycles. The van der Waals surface area contributed by atoms with Crippen LogP contribution in [0.3, 0.4) is 0 Å². The summed E-state index contributed by atoms with van der Waals surface area (Å²) >= 11 is 0. The predicted octanol–water partition coefficient (Wildman–Crippen LogP) is 1.04. The number of hydrogen-bond donors (Lipinski definition) is 1. The zero-order valence-electron chi connectivity index (χ0n) is 11.4. The van der Waals surface area contributed by atoms with Gasteiger partial charge < -0.3 is 4.98 Å². The molecule has 0 unspecified atom stereocenters. The average Bonchev–Trinajstić information content (AvgIpc) is 2.92. The Morgan fingerprint density at radius 3 is 2.32 bits per heavy atom. The van der Waals surface area contributed by atoms with Gasteiger partial charge in [-0.05, 0) is 6.07 Å². The Labute approximate surface area is 120 Å².